The van der Waals surface area contributed by atoms with E-state index in [9.17, 15) is 9.18 Å². The Morgan fingerprint density at radius 2 is 2.36 bits per heavy atom. The van der Waals surface area contributed by atoms with Crippen molar-refractivity contribution in [2.45, 2.75) is 32.5 Å². The van der Waals surface area contributed by atoms with Gasteiger partial charge in [0.2, 0.25) is 0 Å². The number of alkyl halides is 1. The van der Waals surface area contributed by atoms with Crippen molar-refractivity contribution in [2.75, 3.05) is 0 Å². The normalized spacial score (nSPS) is 11.6. The van der Waals surface area contributed by atoms with Gasteiger partial charge < -0.3 is 5.11 Å². The Hall–Kier alpha value is -1.39. The molecule has 1 rings (SSSR count). The second-order valence-corrected chi connectivity index (χ2v) is 3.56. The minimum Gasteiger partial charge on any atom is -0.481 e. The van der Waals surface area contributed by atoms with Gasteiger partial charge in [0.25, 0.3) is 0 Å². The number of hydrogen-bond donors (Lipinski definition) is 1. The summed E-state index contributed by atoms with van der Waals surface area (Å²) in [6, 6.07) is 1.56. The van der Waals surface area contributed by atoms with Crippen molar-refractivity contribution in [1.29, 1.82) is 0 Å². The van der Waals surface area contributed by atoms with E-state index in [0.717, 1.165) is 0 Å². The van der Waals surface area contributed by atoms with Gasteiger partial charge in [0.15, 0.2) is 0 Å². The van der Waals surface area contributed by atoms with E-state index in [1.807, 2.05) is 0 Å². The average Bonchev–Trinajstić information content (AvgIpc) is 2.46. The molecule has 1 N–H and O–H groups in total. The molecule has 0 aliphatic heterocycles. The van der Waals surface area contributed by atoms with E-state index in [-0.39, 0.29) is 13.0 Å². The van der Waals surface area contributed by atoms with Gasteiger partial charge in [-0.15, -0.1) is 0 Å². The fraction of sp³-hybridized carbons (Fsp3) is 0.556. The van der Waals surface area contributed by atoms with Crippen molar-refractivity contribution in [3.8, 4) is 0 Å². The zero-order valence-corrected chi connectivity index (χ0v) is 8.20. The molecule has 0 fully saturated rings. The van der Waals surface area contributed by atoms with Crippen LogP contribution in [-0.4, -0.2) is 20.9 Å². The highest BCUT2D eigenvalue weighted by Gasteiger charge is 2.23. The topological polar surface area (TPSA) is 55.1 Å². The first-order chi connectivity index (χ1) is 6.41. The maximum atomic E-state index is 13.5. The average molecular weight is 200 g/mol. The van der Waals surface area contributed by atoms with Gasteiger partial charge in [-0.2, -0.15) is 5.10 Å². The van der Waals surface area contributed by atoms with Crippen molar-refractivity contribution in [3.63, 3.8) is 0 Å². The standard InChI is InChI=1S/C9H13FN2O2/c1-9(2,10)7-3-5-11-12(7)6-4-8(13)14/h3,5H,4,6H2,1-2H3,(H,13,14). The molecule has 0 saturated carbocycles. The summed E-state index contributed by atoms with van der Waals surface area (Å²) in [4.78, 5) is 10.3. The number of hydrogen-bond acceptors (Lipinski definition) is 2. The Bertz CT molecular complexity index is 328. The van der Waals surface area contributed by atoms with Crippen LogP contribution in [0.3, 0.4) is 0 Å². The molecule has 0 amide bonds. The van der Waals surface area contributed by atoms with Gasteiger partial charge in [0.1, 0.15) is 5.67 Å². The van der Waals surface area contributed by atoms with E-state index in [0.29, 0.717) is 5.69 Å². The molecule has 0 aromatic carbocycles. The lowest BCUT2D eigenvalue weighted by atomic mass is 10.1. The third-order valence-corrected chi connectivity index (χ3v) is 1.86. The van der Waals surface area contributed by atoms with Crippen LogP contribution in [0.15, 0.2) is 12.3 Å². The maximum absolute atomic E-state index is 13.5. The van der Waals surface area contributed by atoms with Crippen molar-refractivity contribution in [1.82, 2.24) is 9.78 Å². The molecule has 14 heavy (non-hydrogen) atoms. The Morgan fingerprint density at radius 1 is 1.71 bits per heavy atom. The number of rotatable bonds is 4. The molecule has 0 saturated heterocycles. The highest BCUT2D eigenvalue weighted by atomic mass is 19.1. The van der Waals surface area contributed by atoms with Crippen LogP contribution in [0, 0.1) is 0 Å². The molecule has 0 aliphatic rings. The lowest BCUT2D eigenvalue weighted by Crippen LogP contribution is -2.18. The van der Waals surface area contributed by atoms with E-state index in [1.165, 1.54) is 24.7 Å². The van der Waals surface area contributed by atoms with Gasteiger partial charge in [-0.3, -0.25) is 9.48 Å². The summed E-state index contributed by atoms with van der Waals surface area (Å²) in [6.45, 7) is 3.04. The molecule has 78 valence electrons. The van der Waals surface area contributed by atoms with Gasteiger partial charge in [0.05, 0.1) is 18.7 Å². The van der Waals surface area contributed by atoms with Crippen LogP contribution >= 0.6 is 0 Å². The number of carbonyl (C=O) groups is 1. The first-order valence-electron chi connectivity index (χ1n) is 4.34. The number of aliphatic carboxylic acids is 1. The van der Waals surface area contributed by atoms with E-state index in [2.05, 4.69) is 5.10 Å². The molecular weight excluding hydrogens is 187 g/mol. The summed E-state index contributed by atoms with van der Waals surface area (Å²) in [7, 11) is 0. The van der Waals surface area contributed by atoms with Crippen LogP contribution < -0.4 is 0 Å². The fourth-order valence-electron chi connectivity index (χ4n) is 1.22. The highest BCUT2D eigenvalue weighted by molar-refractivity contribution is 5.66. The third kappa shape index (κ3) is 2.55. The van der Waals surface area contributed by atoms with Crippen LogP contribution in [0.2, 0.25) is 0 Å². The zero-order valence-electron chi connectivity index (χ0n) is 8.20. The summed E-state index contributed by atoms with van der Waals surface area (Å²) in [6.07, 6.45) is 1.42. The SMILES string of the molecule is CC(C)(F)c1ccnn1CCC(=O)O. The lowest BCUT2D eigenvalue weighted by Gasteiger charge is -2.15. The van der Waals surface area contributed by atoms with Crippen molar-refractivity contribution in [3.05, 3.63) is 18.0 Å². The quantitative estimate of drug-likeness (QED) is 0.802. The summed E-state index contributed by atoms with van der Waals surface area (Å²) >= 11 is 0. The van der Waals surface area contributed by atoms with Crippen molar-refractivity contribution < 1.29 is 14.3 Å². The molecule has 0 atom stereocenters. The van der Waals surface area contributed by atoms with Gasteiger partial charge in [0, 0.05) is 6.20 Å². The molecular formula is C9H13FN2O2. The number of aromatic nitrogens is 2. The second kappa shape index (κ2) is 3.77. The Labute approximate surface area is 81.3 Å². The third-order valence-electron chi connectivity index (χ3n) is 1.86. The monoisotopic (exact) mass is 200 g/mol. The molecule has 4 nitrogen and oxygen atoms in total. The molecule has 0 spiro atoms. The Morgan fingerprint density at radius 3 is 2.86 bits per heavy atom. The number of aryl methyl sites for hydroxylation is 1. The summed E-state index contributed by atoms with van der Waals surface area (Å²) in [5.41, 5.74) is -1.09. The van der Waals surface area contributed by atoms with Gasteiger partial charge in [-0.25, -0.2) is 4.39 Å². The summed E-state index contributed by atoms with van der Waals surface area (Å²) in [5, 5.41) is 12.3. The smallest absolute Gasteiger partial charge is 0.305 e. The highest BCUT2D eigenvalue weighted by Crippen LogP contribution is 2.23. The minimum absolute atomic E-state index is 0.0508. The molecule has 0 radical (unpaired) electrons. The molecule has 0 aliphatic carbocycles. The number of halogens is 1. The van der Waals surface area contributed by atoms with Crippen molar-refractivity contribution >= 4 is 5.97 Å². The van der Waals surface area contributed by atoms with E-state index >= 15 is 0 Å². The van der Waals surface area contributed by atoms with Crippen LogP contribution in [0.1, 0.15) is 26.0 Å². The molecule has 5 heteroatoms. The Balaban J connectivity index is 2.78. The number of carboxylic acids is 1. The maximum Gasteiger partial charge on any atom is 0.305 e. The van der Waals surface area contributed by atoms with Crippen LogP contribution in [0.25, 0.3) is 0 Å². The minimum atomic E-state index is -1.49. The number of carboxylic acid groups (broad SMARTS) is 1. The molecule has 1 heterocycles. The largest absolute Gasteiger partial charge is 0.481 e. The van der Waals surface area contributed by atoms with Crippen LogP contribution in [0.5, 0.6) is 0 Å². The zero-order chi connectivity index (χ0) is 10.8. The first-order valence-corrected chi connectivity index (χ1v) is 4.34. The molecule has 1 aromatic rings. The summed E-state index contributed by atoms with van der Waals surface area (Å²) < 4.78 is 14.9. The van der Waals surface area contributed by atoms with Crippen LogP contribution in [0.4, 0.5) is 4.39 Å². The van der Waals surface area contributed by atoms with Gasteiger partial charge in [-0.05, 0) is 19.9 Å². The number of nitrogens with zero attached hydrogens (tertiary/aromatic N) is 2. The second-order valence-electron chi connectivity index (χ2n) is 3.56. The van der Waals surface area contributed by atoms with E-state index < -0.39 is 11.6 Å². The van der Waals surface area contributed by atoms with Crippen LogP contribution in [-0.2, 0) is 17.0 Å². The van der Waals surface area contributed by atoms with Gasteiger partial charge >= 0.3 is 5.97 Å². The van der Waals surface area contributed by atoms with E-state index in [1.54, 1.807) is 6.07 Å². The van der Waals surface area contributed by atoms with Gasteiger partial charge in [-0.1, -0.05) is 0 Å². The van der Waals surface area contributed by atoms with E-state index in [4.69, 9.17) is 5.11 Å². The fourth-order valence-corrected chi connectivity index (χ4v) is 1.22. The molecule has 0 unspecified atom stereocenters. The Kier molecular flexibility index (Phi) is 2.88. The first kappa shape index (κ1) is 10.7. The van der Waals surface area contributed by atoms with Crippen molar-refractivity contribution in [2.24, 2.45) is 0 Å². The predicted molar refractivity (Wildman–Crippen MR) is 48.6 cm³/mol. The predicted octanol–water partition coefficient (Wildman–Crippen LogP) is 1.56. The summed E-state index contributed by atoms with van der Waals surface area (Å²) in [5.74, 6) is -0.914. The molecule has 1 aromatic heterocycles. The lowest BCUT2D eigenvalue weighted by molar-refractivity contribution is -0.137. The molecule has 0 bridgehead atoms.